The number of nitrogens with one attached hydrogen (secondary N) is 1. The van der Waals surface area contributed by atoms with E-state index in [0.29, 0.717) is 5.84 Å². The van der Waals surface area contributed by atoms with E-state index in [1.807, 2.05) is 0 Å². The minimum Gasteiger partial charge on any atom is -0.382 e. The Morgan fingerprint density at radius 1 is 1.80 bits per heavy atom. The lowest BCUT2D eigenvalue weighted by Crippen LogP contribution is -2.30. The lowest BCUT2D eigenvalue weighted by molar-refractivity contribution is 0.0585. The lowest BCUT2D eigenvalue weighted by Gasteiger charge is -2.16. The third-order valence-corrected chi connectivity index (χ3v) is 1.65. The van der Waals surface area contributed by atoms with Gasteiger partial charge in [-0.15, -0.1) is 0 Å². The molecule has 10 heavy (non-hydrogen) atoms. The molecule has 0 aliphatic carbocycles. The SMILES string of the molecule is NC1=NNC2OCCC=C12. The highest BCUT2D eigenvalue weighted by Gasteiger charge is 2.25. The maximum Gasteiger partial charge on any atom is 0.172 e. The van der Waals surface area contributed by atoms with Gasteiger partial charge in [0.15, 0.2) is 12.1 Å². The van der Waals surface area contributed by atoms with Crippen LogP contribution in [0.2, 0.25) is 0 Å². The van der Waals surface area contributed by atoms with Crippen molar-refractivity contribution in [1.29, 1.82) is 0 Å². The molecular weight excluding hydrogens is 130 g/mol. The summed E-state index contributed by atoms with van der Waals surface area (Å²) in [6.45, 7) is 0.754. The van der Waals surface area contributed by atoms with E-state index in [0.717, 1.165) is 18.6 Å². The van der Waals surface area contributed by atoms with Crippen LogP contribution in [0.15, 0.2) is 16.8 Å². The molecular formula is C6H9N3O. The fourth-order valence-corrected chi connectivity index (χ4v) is 1.14. The number of nitrogens with two attached hydrogens (primary N) is 1. The Bertz CT molecular complexity index is 209. The number of ether oxygens (including phenoxy) is 1. The zero-order valence-corrected chi connectivity index (χ0v) is 5.50. The Kier molecular flexibility index (Phi) is 1.14. The van der Waals surface area contributed by atoms with Crippen molar-refractivity contribution in [1.82, 2.24) is 5.43 Å². The monoisotopic (exact) mass is 139 g/mol. The molecule has 0 radical (unpaired) electrons. The number of hydrazone groups is 1. The lowest BCUT2D eigenvalue weighted by atomic mass is 10.1. The van der Waals surface area contributed by atoms with E-state index in [1.54, 1.807) is 0 Å². The summed E-state index contributed by atoms with van der Waals surface area (Å²) in [6.07, 6.45) is 2.92. The van der Waals surface area contributed by atoms with Crippen LogP contribution in [-0.4, -0.2) is 18.7 Å². The molecule has 4 heteroatoms. The van der Waals surface area contributed by atoms with Gasteiger partial charge in [-0.1, -0.05) is 6.08 Å². The second kappa shape index (κ2) is 1.98. The van der Waals surface area contributed by atoms with E-state index in [2.05, 4.69) is 16.6 Å². The average Bonchev–Trinajstić information content (AvgIpc) is 2.34. The first-order valence-corrected chi connectivity index (χ1v) is 3.28. The van der Waals surface area contributed by atoms with Gasteiger partial charge in [0.2, 0.25) is 0 Å². The molecule has 0 aromatic carbocycles. The van der Waals surface area contributed by atoms with Gasteiger partial charge in [-0.25, -0.2) is 0 Å². The van der Waals surface area contributed by atoms with Crippen LogP contribution in [0.3, 0.4) is 0 Å². The van der Waals surface area contributed by atoms with E-state index >= 15 is 0 Å². The fourth-order valence-electron chi connectivity index (χ4n) is 1.14. The third kappa shape index (κ3) is 0.690. The topological polar surface area (TPSA) is 59.6 Å². The van der Waals surface area contributed by atoms with Crippen molar-refractivity contribution in [3.05, 3.63) is 11.6 Å². The van der Waals surface area contributed by atoms with Crippen LogP contribution in [0.4, 0.5) is 0 Å². The molecule has 3 N–H and O–H groups in total. The highest BCUT2D eigenvalue weighted by Crippen LogP contribution is 2.15. The summed E-state index contributed by atoms with van der Waals surface area (Å²) < 4.78 is 5.30. The van der Waals surface area contributed by atoms with Crippen molar-refractivity contribution in [3.8, 4) is 0 Å². The number of amidine groups is 1. The van der Waals surface area contributed by atoms with Gasteiger partial charge >= 0.3 is 0 Å². The van der Waals surface area contributed by atoms with Gasteiger partial charge in [0.1, 0.15) is 0 Å². The van der Waals surface area contributed by atoms with Gasteiger partial charge in [-0.2, -0.15) is 5.10 Å². The molecule has 0 spiro atoms. The van der Waals surface area contributed by atoms with Crippen LogP contribution in [0.1, 0.15) is 6.42 Å². The summed E-state index contributed by atoms with van der Waals surface area (Å²) in [5.41, 5.74) is 9.30. The Morgan fingerprint density at radius 2 is 2.70 bits per heavy atom. The summed E-state index contributed by atoms with van der Waals surface area (Å²) in [4.78, 5) is 0. The highest BCUT2D eigenvalue weighted by atomic mass is 16.5. The molecule has 0 bridgehead atoms. The van der Waals surface area contributed by atoms with Crippen LogP contribution < -0.4 is 11.2 Å². The second-order valence-electron chi connectivity index (χ2n) is 2.33. The van der Waals surface area contributed by atoms with E-state index in [9.17, 15) is 0 Å². The normalized spacial score (nSPS) is 30.2. The first-order valence-electron chi connectivity index (χ1n) is 3.28. The van der Waals surface area contributed by atoms with E-state index in [1.165, 1.54) is 0 Å². The molecule has 2 aliphatic heterocycles. The van der Waals surface area contributed by atoms with Crippen LogP contribution in [-0.2, 0) is 4.74 Å². The summed E-state index contributed by atoms with van der Waals surface area (Å²) in [7, 11) is 0. The van der Waals surface area contributed by atoms with Crippen molar-refractivity contribution in [2.75, 3.05) is 6.61 Å². The Morgan fingerprint density at radius 3 is 3.50 bits per heavy atom. The minimum absolute atomic E-state index is 0.0752. The molecule has 0 amide bonds. The molecule has 2 rings (SSSR count). The van der Waals surface area contributed by atoms with Crippen molar-refractivity contribution in [3.63, 3.8) is 0 Å². The van der Waals surface area contributed by atoms with E-state index < -0.39 is 0 Å². The fraction of sp³-hybridized carbons (Fsp3) is 0.500. The largest absolute Gasteiger partial charge is 0.382 e. The number of hydrogen-bond donors (Lipinski definition) is 2. The third-order valence-electron chi connectivity index (χ3n) is 1.65. The number of fused-ring (bicyclic) bond motifs is 1. The maximum absolute atomic E-state index is 5.53. The quantitative estimate of drug-likeness (QED) is 0.477. The maximum atomic E-state index is 5.53. The summed E-state index contributed by atoms with van der Waals surface area (Å²) in [5.74, 6) is 0.560. The van der Waals surface area contributed by atoms with Crippen LogP contribution in [0.25, 0.3) is 0 Å². The predicted octanol–water partition coefficient (Wildman–Crippen LogP) is -0.465. The number of hydrogen-bond acceptors (Lipinski definition) is 4. The predicted molar refractivity (Wildman–Crippen MR) is 37.2 cm³/mol. The number of nitrogens with zero attached hydrogens (tertiary/aromatic N) is 1. The summed E-state index contributed by atoms with van der Waals surface area (Å²) >= 11 is 0. The Hall–Kier alpha value is -1.03. The van der Waals surface area contributed by atoms with Gasteiger partial charge in [0, 0.05) is 5.57 Å². The Labute approximate surface area is 58.7 Å². The molecule has 0 saturated carbocycles. The van der Waals surface area contributed by atoms with Crippen molar-refractivity contribution < 1.29 is 4.74 Å². The van der Waals surface area contributed by atoms with Crippen LogP contribution in [0, 0.1) is 0 Å². The van der Waals surface area contributed by atoms with Crippen molar-refractivity contribution in [2.45, 2.75) is 12.6 Å². The molecule has 1 atom stereocenters. The van der Waals surface area contributed by atoms with Crippen LogP contribution in [0.5, 0.6) is 0 Å². The van der Waals surface area contributed by atoms with Crippen molar-refractivity contribution in [2.24, 2.45) is 10.8 Å². The van der Waals surface area contributed by atoms with Gasteiger partial charge in [-0.3, -0.25) is 5.43 Å². The Balaban J connectivity index is 2.27. The molecule has 1 unspecified atom stereocenters. The van der Waals surface area contributed by atoms with E-state index in [4.69, 9.17) is 10.5 Å². The first kappa shape index (κ1) is 5.73. The molecule has 2 aliphatic rings. The molecule has 0 aromatic rings. The summed E-state index contributed by atoms with van der Waals surface area (Å²) in [5, 5.41) is 3.83. The van der Waals surface area contributed by atoms with Gasteiger partial charge in [0.25, 0.3) is 0 Å². The highest BCUT2D eigenvalue weighted by molar-refractivity contribution is 5.99. The van der Waals surface area contributed by atoms with Gasteiger partial charge < -0.3 is 10.5 Å². The molecule has 4 nitrogen and oxygen atoms in total. The molecule has 0 aromatic heterocycles. The standard InChI is InChI=1S/C6H9N3O/c7-5-4-2-1-3-10-6(4)9-8-5/h2,6,9H,1,3H2,(H2,7,8). The summed E-state index contributed by atoms with van der Waals surface area (Å²) in [6, 6.07) is 0. The van der Waals surface area contributed by atoms with E-state index in [-0.39, 0.29) is 6.23 Å². The van der Waals surface area contributed by atoms with Gasteiger partial charge in [0.05, 0.1) is 6.61 Å². The van der Waals surface area contributed by atoms with Crippen molar-refractivity contribution >= 4 is 5.84 Å². The molecule has 2 heterocycles. The average molecular weight is 139 g/mol. The molecule has 0 fully saturated rings. The zero-order valence-electron chi connectivity index (χ0n) is 5.50. The minimum atomic E-state index is -0.0752. The van der Waals surface area contributed by atoms with Crippen LogP contribution >= 0.6 is 0 Å². The number of rotatable bonds is 0. The smallest absolute Gasteiger partial charge is 0.172 e. The van der Waals surface area contributed by atoms with Gasteiger partial charge in [-0.05, 0) is 6.42 Å². The second-order valence-corrected chi connectivity index (χ2v) is 2.33. The molecule has 54 valence electrons. The zero-order chi connectivity index (χ0) is 6.97. The first-order chi connectivity index (χ1) is 4.88. The molecule has 0 saturated heterocycles.